The molecule has 0 saturated heterocycles. The molecule has 0 aliphatic heterocycles. The van der Waals surface area contributed by atoms with Crippen LogP contribution in [0, 0.1) is 0 Å². The monoisotopic (exact) mass is 298 g/mol. The molecule has 114 valence electrons. The Kier molecular flexibility index (Phi) is 4.27. The Bertz CT molecular complexity index is 769. The van der Waals surface area contributed by atoms with E-state index in [1.54, 1.807) is 24.3 Å². The lowest BCUT2D eigenvalue weighted by molar-refractivity contribution is 0.0950. The van der Waals surface area contributed by atoms with Gasteiger partial charge in [-0.1, -0.05) is 31.0 Å². The van der Waals surface area contributed by atoms with Crippen LogP contribution < -0.4 is 11.0 Å². The molecule has 1 fully saturated rings. The molecule has 0 atom stereocenters. The molecule has 3 rings (SSSR count). The highest BCUT2D eigenvalue weighted by atomic mass is 16.2. The summed E-state index contributed by atoms with van der Waals surface area (Å²) in [5, 5.41) is 11.4. The van der Waals surface area contributed by atoms with Gasteiger partial charge >= 0.3 is 0 Å². The molecule has 1 saturated carbocycles. The van der Waals surface area contributed by atoms with Crippen LogP contribution in [0.1, 0.15) is 49.0 Å². The molecule has 1 aromatic heterocycles. The molecule has 1 aliphatic rings. The molecule has 6 heteroatoms. The molecule has 0 radical (unpaired) electrons. The Hall–Kier alpha value is -2.50. The molecular formula is C16H18N4O2. The molecule has 0 spiro atoms. The molecule has 6 nitrogen and oxygen atoms in total. The first-order valence-electron chi connectivity index (χ1n) is 7.59. The number of rotatable bonds is 2. The van der Waals surface area contributed by atoms with Crippen molar-refractivity contribution in [2.24, 2.45) is 5.10 Å². The van der Waals surface area contributed by atoms with Gasteiger partial charge in [-0.15, -0.1) is 0 Å². The Morgan fingerprint density at radius 1 is 1.09 bits per heavy atom. The summed E-state index contributed by atoms with van der Waals surface area (Å²) >= 11 is 0. The SMILES string of the molecule is O=C(NN=C1CCCCCC1)c1n[nH]c(=O)c2ccccc12. The van der Waals surface area contributed by atoms with Crippen LogP contribution in [-0.4, -0.2) is 21.8 Å². The van der Waals surface area contributed by atoms with Crippen LogP contribution in [0.3, 0.4) is 0 Å². The van der Waals surface area contributed by atoms with Gasteiger partial charge < -0.3 is 0 Å². The van der Waals surface area contributed by atoms with Crippen molar-refractivity contribution >= 4 is 22.4 Å². The van der Waals surface area contributed by atoms with Gasteiger partial charge in [0, 0.05) is 11.1 Å². The van der Waals surface area contributed by atoms with Crippen LogP contribution in [0.5, 0.6) is 0 Å². The Labute approximate surface area is 127 Å². The fourth-order valence-corrected chi connectivity index (χ4v) is 2.72. The maximum absolute atomic E-state index is 12.3. The Morgan fingerprint density at radius 3 is 2.50 bits per heavy atom. The van der Waals surface area contributed by atoms with E-state index in [1.807, 2.05) is 0 Å². The van der Waals surface area contributed by atoms with Crippen molar-refractivity contribution in [2.45, 2.75) is 38.5 Å². The van der Waals surface area contributed by atoms with Crippen molar-refractivity contribution in [3.05, 3.63) is 40.3 Å². The molecule has 0 bridgehead atoms. The van der Waals surface area contributed by atoms with Crippen molar-refractivity contribution in [3.8, 4) is 0 Å². The zero-order chi connectivity index (χ0) is 15.4. The highest BCUT2D eigenvalue weighted by Gasteiger charge is 2.14. The van der Waals surface area contributed by atoms with E-state index in [4.69, 9.17) is 0 Å². The largest absolute Gasteiger partial charge is 0.292 e. The minimum Gasteiger partial charge on any atom is -0.267 e. The van der Waals surface area contributed by atoms with Crippen molar-refractivity contribution in [1.29, 1.82) is 0 Å². The number of carbonyl (C=O) groups excluding carboxylic acids is 1. The van der Waals surface area contributed by atoms with Crippen LogP contribution in [0.4, 0.5) is 0 Å². The van der Waals surface area contributed by atoms with Crippen LogP contribution in [0.25, 0.3) is 10.8 Å². The highest BCUT2D eigenvalue weighted by Crippen LogP contribution is 2.15. The van der Waals surface area contributed by atoms with E-state index in [0.717, 1.165) is 31.4 Å². The quantitative estimate of drug-likeness (QED) is 0.659. The summed E-state index contributed by atoms with van der Waals surface area (Å²) in [6.07, 6.45) is 6.54. The number of nitrogens with zero attached hydrogens (tertiary/aromatic N) is 2. The van der Waals surface area contributed by atoms with E-state index in [2.05, 4.69) is 20.7 Å². The number of aromatic amines is 1. The Balaban J connectivity index is 1.85. The average molecular weight is 298 g/mol. The van der Waals surface area contributed by atoms with Crippen molar-refractivity contribution in [3.63, 3.8) is 0 Å². The van der Waals surface area contributed by atoms with Gasteiger partial charge in [0.25, 0.3) is 11.5 Å². The fourth-order valence-electron chi connectivity index (χ4n) is 2.72. The molecule has 1 amide bonds. The number of H-pyrrole nitrogens is 1. The molecule has 0 unspecified atom stereocenters. The van der Waals surface area contributed by atoms with Gasteiger partial charge in [0.15, 0.2) is 5.69 Å². The van der Waals surface area contributed by atoms with Gasteiger partial charge in [0.1, 0.15) is 0 Å². The van der Waals surface area contributed by atoms with Gasteiger partial charge in [0.2, 0.25) is 0 Å². The van der Waals surface area contributed by atoms with E-state index in [1.165, 1.54) is 12.8 Å². The summed E-state index contributed by atoms with van der Waals surface area (Å²) < 4.78 is 0. The third-order valence-corrected chi connectivity index (χ3v) is 3.91. The molecular weight excluding hydrogens is 280 g/mol. The lowest BCUT2D eigenvalue weighted by Gasteiger charge is -2.05. The third-order valence-electron chi connectivity index (χ3n) is 3.91. The predicted molar refractivity (Wildman–Crippen MR) is 85.0 cm³/mol. The smallest absolute Gasteiger partial charge is 0.267 e. The van der Waals surface area contributed by atoms with Gasteiger partial charge in [-0.25, -0.2) is 10.5 Å². The minimum absolute atomic E-state index is 0.188. The normalized spacial score (nSPS) is 15.4. The van der Waals surface area contributed by atoms with E-state index >= 15 is 0 Å². The maximum atomic E-state index is 12.3. The first-order valence-corrected chi connectivity index (χ1v) is 7.59. The summed E-state index contributed by atoms with van der Waals surface area (Å²) in [6, 6.07) is 6.91. The van der Waals surface area contributed by atoms with Crippen LogP contribution >= 0.6 is 0 Å². The summed E-state index contributed by atoms with van der Waals surface area (Å²) in [5.41, 5.74) is 3.48. The first kappa shape index (κ1) is 14.4. The second kappa shape index (κ2) is 6.51. The molecule has 22 heavy (non-hydrogen) atoms. The second-order valence-corrected chi connectivity index (χ2v) is 5.48. The Morgan fingerprint density at radius 2 is 1.77 bits per heavy atom. The standard InChI is InChI=1S/C16H18N4O2/c21-15-13-10-6-5-9-12(13)14(18-19-15)16(22)20-17-11-7-3-1-2-4-8-11/h5-6,9-10H,1-4,7-8H2,(H,19,21)(H,20,22). The first-order chi connectivity index (χ1) is 10.8. The van der Waals surface area contributed by atoms with Crippen LogP contribution in [0.15, 0.2) is 34.2 Å². The lowest BCUT2D eigenvalue weighted by Crippen LogP contribution is -2.23. The number of nitrogens with one attached hydrogen (secondary N) is 2. The van der Waals surface area contributed by atoms with E-state index in [9.17, 15) is 9.59 Å². The number of aromatic nitrogens is 2. The molecule has 1 heterocycles. The van der Waals surface area contributed by atoms with Crippen molar-refractivity contribution in [2.75, 3.05) is 0 Å². The number of hydrogen-bond donors (Lipinski definition) is 2. The van der Waals surface area contributed by atoms with Crippen molar-refractivity contribution < 1.29 is 4.79 Å². The van der Waals surface area contributed by atoms with Gasteiger partial charge in [-0.05, 0) is 31.7 Å². The maximum Gasteiger partial charge on any atom is 0.292 e. The third kappa shape index (κ3) is 3.05. The number of benzene rings is 1. The zero-order valence-corrected chi connectivity index (χ0v) is 12.3. The highest BCUT2D eigenvalue weighted by molar-refractivity contribution is 6.05. The second-order valence-electron chi connectivity index (χ2n) is 5.48. The average Bonchev–Trinajstić information content (AvgIpc) is 2.82. The summed E-state index contributed by atoms with van der Waals surface area (Å²) in [7, 11) is 0. The number of hydrazone groups is 1. The van der Waals surface area contributed by atoms with E-state index < -0.39 is 5.91 Å². The predicted octanol–water partition coefficient (Wildman–Crippen LogP) is 2.36. The summed E-state index contributed by atoms with van der Waals surface area (Å²) in [6.45, 7) is 0. The van der Waals surface area contributed by atoms with Crippen molar-refractivity contribution in [1.82, 2.24) is 15.6 Å². The molecule has 1 aromatic carbocycles. The number of amides is 1. The zero-order valence-electron chi connectivity index (χ0n) is 12.3. The van der Waals surface area contributed by atoms with E-state index in [-0.39, 0.29) is 11.3 Å². The van der Waals surface area contributed by atoms with Gasteiger partial charge in [-0.3, -0.25) is 9.59 Å². The van der Waals surface area contributed by atoms with Gasteiger partial charge in [0.05, 0.1) is 5.39 Å². The van der Waals surface area contributed by atoms with Gasteiger partial charge in [-0.2, -0.15) is 10.2 Å². The van der Waals surface area contributed by atoms with Crippen LogP contribution in [0.2, 0.25) is 0 Å². The fraction of sp³-hybridized carbons (Fsp3) is 0.375. The minimum atomic E-state index is -0.399. The number of carbonyl (C=O) groups is 1. The lowest BCUT2D eigenvalue weighted by atomic mass is 10.1. The van der Waals surface area contributed by atoms with E-state index in [0.29, 0.717) is 10.8 Å². The number of fused-ring (bicyclic) bond motifs is 1. The molecule has 1 aliphatic carbocycles. The summed E-state index contributed by atoms with van der Waals surface area (Å²) in [5.74, 6) is -0.399. The molecule has 2 aromatic rings. The molecule has 2 N–H and O–H groups in total. The number of hydrogen-bond acceptors (Lipinski definition) is 4. The van der Waals surface area contributed by atoms with Crippen LogP contribution in [-0.2, 0) is 0 Å². The topological polar surface area (TPSA) is 87.2 Å². The summed E-state index contributed by atoms with van der Waals surface area (Å²) in [4.78, 5) is 24.0.